The molecule has 0 amide bonds. The van der Waals surface area contributed by atoms with Gasteiger partial charge in [0.2, 0.25) is 0 Å². The molecule has 0 fully saturated rings. The molecule has 0 radical (unpaired) electrons. The SMILES string of the molecule is CC1(C=O)CCCSc2ccccc21. The van der Waals surface area contributed by atoms with Gasteiger partial charge < -0.3 is 4.79 Å². The molecule has 1 heterocycles. The average molecular weight is 206 g/mol. The first-order valence-electron chi connectivity index (χ1n) is 4.95. The molecule has 0 aromatic heterocycles. The van der Waals surface area contributed by atoms with Gasteiger partial charge in [0.1, 0.15) is 6.29 Å². The summed E-state index contributed by atoms with van der Waals surface area (Å²) in [6.07, 6.45) is 3.20. The summed E-state index contributed by atoms with van der Waals surface area (Å²) in [5.74, 6) is 1.13. The Morgan fingerprint density at radius 2 is 2.21 bits per heavy atom. The maximum absolute atomic E-state index is 11.2. The molecule has 74 valence electrons. The minimum absolute atomic E-state index is 0.264. The number of thioether (sulfide) groups is 1. The minimum Gasteiger partial charge on any atom is -0.302 e. The monoisotopic (exact) mass is 206 g/mol. The number of carbonyl (C=O) groups excluding carboxylic acids is 1. The first-order chi connectivity index (χ1) is 6.76. The van der Waals surface area contributed by atoms with Crippen molar-refractivity contribution in [1.29, 1.82) is 0 Å². The van der Waals surface area contributed by atoms with Gasteiger partial charge in [-0.2, -0.15) is 0 Å². The van der Waals surface area contributed by atoms with E-state index >= 15 is 0 Å². The molecule has 1 nitrogen and oxygen atoms in total. The van der Waals surface area contributed by atoms with E-state index in [1.165, 1.54) is 10.5 Å². The van der Waals surface area contributed by atoms with Crippen LogP contribution in [0.15, 0.2) is 29.2 Å². The largest absolute Gasteiger partial charge is 0.302 e. The van der Waals surface area contributed by atoms with Crippen LogP contribution in [0.3, 0.4) is 0 Å². The lowest BCUT2D eigenvalue weighted by Crippen LogP contribution is -2.23. The first-order valence-corrected chi connectivity index (χ1v) is 5.93. The number of carbonyl (C=O) groups is 1. The fraction of sp³-hybridized carbons (Fsp3) is 0.417. The van der Waals surface area contributed by atoms with Crippen LogP contribution in [0.1, 0.15) is 25.3 Å². The zero-order valence-corrected chi connectivity index (χ0v) is 9.14. The highest BCUT2D eigenvalue weighted by Gasteiger charge is 2.29. The molecular weight excluding hydrogens is 192 g/mol. The highest BCUT2D eigenvalue weighted by atomic mass is 32.2. The zero-order chi connectivity index (χ0) is 10.0. The molecule has 2 rings (SSSR count). The third kappa shape index (κ3) is 1.59. The molecule has 0 N–H and O–H groups in total. The standard InChI is InChI=1S/C12H14OS/c1-12(9-13)7-4-8-14-11-6-3-2-5-10(11)12/h2-3,5-6,9H,4,7-8H2,1H3. The summed E-state index contributed by atoms with van der Waals surface area (Å²) < 4.78 is 0. The number of aldehydes is 1. The van der Waals surface area contributed by atoms with Gasteiger partial charge >= 0.3 is 0 Å². The second-order valence-corrected chi connectivity index (χ2v) is 5.12. The van der Waals surface area contributed by atoms with Gasteiger partial charge in [-0.3, -0.25) is 0 Å². The predicted octanol–water partition coefficient (Wildman–Crippen LogP) is 3.03. The van der Waals surface area contributed by atoms with E-state index in [2.05, 4.69) is 12.1 Å². The van der Waals surface area contributed by atoms with Crippen molar-refractivity contribution in [2.45, 2.75) is 30.1 Å². The lowest BCUT2D eigenvalue weighted by Gasteiger charge is -2.22. The Morgan fingerprint density at radius 1 is 1.43 bits per heavy atom. The third-order valence-electron chi connectivity index (χ3n) is 2.86. The Morgan fingerprint density at radius 3 is 3.00 bits per heavy atom. The molecule has 0 spiro atoms. The van der Waals surface area contributed by atoms with Gasteiger partial charge in [-0.25, -0.2) is 0 Å². The Bertz CT molecular complexity index is 348. The molecule has 0 saturated heterocycles. The second kappa shape index (κ2) is 3.77. The second-order valence-electron chi connectivity index (χ2n) is 3.98. The van der Waals surface area contributed by atoms with Crippen molar-refractivity contribution in [2.75, 3.05) is 5.75 Å². The van der Waals surface area contributed by atoms with Crippen LogP contribution in [0.25, 0.3) is 0 Å². The third-order valence-corrected chi connectivity index (χ3v) is 4.02. The Balaban J connectivity index is 2.52. The van der Waals surface area contributed by atoms with E-state index in [9.17, 15) is 4.79 Å². The van der Waals surface area contributed by atoms with Crippen LogP contribution in [-0.2, 0) is 10.2 Å². The molecule has 0 aliphatic carbocycles. The normalized spacial score (nSPS) is 26.4. The smallest absolute Gasteiger partial charge is 0.130 e. The van der Waals surface area contributed by atoms with E-state index in [1.807, 2.05) is 30.8 Å². The molecule has 1 aromatic carbocycles. The maximum atomic E-state index is 11.2. The zero-order valence-electron chi connectivity index (χ0n) is 8.32. The molecule has 14 heavy (non-hydrogen) atoms. The fourth-order valence-corrected chi connectivity index (χ4v) is 3.08. The van der Waals surface area contributed by atoms with Gasteiger partial charge in [0.05, 0.1) is 0 Å². The van der Waals surface area contributed by atoms with Crippen molar-refractivity contribution >= 4 is 18.0 Å². The van der Waals surface area contributed by atoms with Crippen molar-refractivity contribution in [1.82, 2.24) is 0 Å². The van der Waals surface area contributed by atoms with Crippen LogP contribution in [0.4, 0.5) is 0 Å². The van der Waals surface area contributed by atoms with Crippen LogP contribution in [-0.4, -0.2) is 12.0 Å². The Labute approximate surface area is 88.9 Å². The van der Waals surface area contributed by atoms with E-state index in [1.54, 1.807) is 0 Å². The Kier molecular flexibility index (Phi) is 2.64. The van der Waals surface area contributed by atoms with E-state index in [4.69, 9.17) is 0 Å². The summed E-state index contributed by atoms with van der Waals surface area (Å²) in [6.45, 7) is 2.05. The van der Waals surface area contributed by atoms with Crippen LogP contribution < -0.4 is 0 Å². The van der Waals surface area contributed by atoms with Gasteiger partial charge in [0.15, 0.2) is 0 Å². The van der Waals surface area contributed by atoms with Gasteiger partial charge in [-0.1, -0.05) is 18.2 Å². The van der Waals surface area contributed by atoms with Gasteiger partial charge in [0.25, 0.3) is 0 Å². The highest BCUT2D eigenvalue weighted by Crippen LogP contribution is 2.38. The maximum Gasteiger partial charge on any atom is 0.130 e. The summed E-state index contributed by atoms with van der Waals surface area (Å²) in [5, 5.41) is 0. The fourth-order valence-electron chi connectivity index (χ4n) is 1.94. The number of benzene rings is 1. The number of rotatable bonds is 1. The van der Waals surface area contributed by atoms with E-state index < -0.39 is 0 Å². The highest BCUT2D eigenvalue weighted by molar-refractivity contribution is 7.99. The first kappa shape index (κ1) is 9.78. The van der Waals surface area contributed by atoms with Crippen molar-refractivity contribution < 1.29 is 4.79 Å². The summed E-state index contributed by atoms with van der Waals surface area (Å²) in [7, 11) is 0. The van der Waals surface area contributed by atoms with Crippen LogP contribution >= 0.6 is 11.8 Å². The lowest BCUT2D eigenvalue weighted by atomic mass is 9.80. The quantitative estimate of drug-likeness (QED) is 0.657. The topological polar surface area (TPSA) is 17.1 Å². The molecule has 0 bridgehead atoms. The van der Waals surface area contributed by atoms with Crippen molar-refractivity contribution in [3.63, 3.8) is 0 Å². The van der Waals surface area contributed by atoms with E-state index in [0.717, 1.165) is 24.9 Å². The molecule has 1 aliphatic heterocycles. The number of hydrogen-bond donors (Lipinski definition) is 0. The number of hydrogen-bond acceptors (Lipinski definition) is 2. The summed E-state index contributed by atoms with van der Waals surface area (Å²) in [4.78, 5) is 12.5. The Hall–Kier alpha value is -0.760. The van der Waals surface area contributed by atoms with E-state index in [-0.39, 0.29) is 5.41 Å². The van der Waals surface area contributed by atoms with Crippen LogP contribution in [0.2, 0.25) is 0 Å². The van der Waals surface area contributed by atoms with Gasteiger partial charge in [-0.15, -0.1) is 11.8 Å². The molecule has 0 saturated carbocycles. The van der Waals surface area contributed by atoms with Gasteiger partial charge in [-0.05, 0) is 37.1 Å². The summed E-state index contributed by atoms with van der Waals surface area (Å²) in [6, 6.07) is 8.27. The van der Waals surface area contributed by atoms with Gasteiger partial charge in [0, 0.05) is 10.3 Å². The lowest BCUT2D eigenvalue weighted by molar-refractivity contribution is -0.112. The van der Waals surface area contributed by atoms with Crippen LogP contribution in [0.5, 0.6) is 0 Å². The molecule has 1 aliphatic rings. The molecule has 1 atom stereocenters. The van der Waals surface area contributed by atoms with Crippen molar-refractivity contribution in [2.24, 2.45) is 0 Å². The predicted molar refractivity (Wildman–Crippen MR) is 59.8 cm³/mol. The number of fused-ring (bicyclic) bond motifs is 1. The minimum atomic E-state index is -0.264. The van der Waals surface area contributed by atoms with Crippen LogP contribution in [0, 0.1) is 0 Å². The molecular formula is C12H14OS. The average Bonchev–Trinajstić information content (AvgIpc) is 2.40. The molecule has 1 unspecified atom stereocenters. The van der Waals surface area contributed by atoms with Crippen molar-refractivity contribution in [3.05, 3.63) is 29.8 Å². The van der Waals surface area contributed by atoms with E-state index in [0.29, 0.717) is 0 Å². The molecule has 1 aromatic rings. The van der Waals surface area contributed by atoms with Crippen molar-refractivity contribution in [3.8, 4) is 0 Å². The summed E-state index contributed by atoms with van der Waals surface area (Å²) in [5.41, 5.74) is 0.942. The molecule has 2 heteroatoms. The summed E-state index contributed by atoms with van der Waals surface area (Å²) >= 11 is 1.87.